The minimum atomic E-state index is -0.684. The van der Waals surface area contributed by atoms with Gasteiger partial charge in [0.2, 0.25) is 0 Å². The lowest BCUT2D eigenvalue weighted by atomic mass is 10.1. The maximum atomic E-state index is 10.9. The van der Waals surface area contributed by atoms with Crippen LogP contribution in [0.25, 0.3) is 11.0 Å². The molecular formula is C13H14N2O2. The highest BCUT2D eigenvalue weighted by atomic mass is 16.4. The quantitative estimate of drug-likeness (QED) is 0.859. The van der Waals surface area contributed by atoms with Crippen LogP contribution >= 0.6 is 0 Å². The summed E-state index contributed by atoms with van der Waals surface area (Å²) in [6.07, 6.45) is 0.762. The Morgan fingerprint density at radius 3 is 2.94 bits per heavy atom. The van der Waals surface area contributed by atoms with E-state index in [4.69, 9.17) is 5.11 Å². The van der Waals surface area contributed by atoms with Gasteiger partial charge in [0.1, 0.15) is 5.82 Å². The number of benzene rings is 1. The first-order chi connectivity index (χ1) is 8.08. The van der Waals surface area contributed by atoms with E-state index < -0.39 is 5.97 Å². The number of hydrogen-bond acceptors (Lipinski definition) is 2. The van der Waals surface area contributed by atoms with Crippen LogP contribution in [-0.4, -0.2) is 20.6 Å². The van der Waals surface area contributed by atoms with Gasteiger partial charge in [0.15, 0.2) is 0 Å². The lowest BCUT2D eigenvalue weighted by Gasteiger charge is -2.01. The Kier molecular flexibility index (Phi) is 2.02. The molecule has 88 valence electrons. The summed E-state index contributed by atoms with van der Waals surface area (Å²) in [6, 6.07) is 6.06. The summed E-state index contributed by atoms with van der Waals surface area (Å²) in [5.74, 6) is 0.285. The number of aromatic nitrogens is 2. The van der Waals surface area contributed by atoms with Crippen molar-refractivity contribution in [2.75, 3.05) is 0 Å². The fourth-order valence-corrected chi connectivity index (χ4v) is 2.39. The Balaban J connectivity index is 2.03. The van der Waals surface area contributed by atoms with E-state index >= 15 is 0 Å². The molecule has 0 saturated heterocycles. The number of carboxylic acid groups (broad SMARTS) is 1. The van der Waals surface area contributed by atoms with Crippen LogP contribution in [0.5, 0.6) is 0 Å². The van der Waals surface area contributed by atoms with Crippen molar-refractivity contribution >= 4 is 17.0 Å². The maximum absolute atomic E-state index is 10.9. The van der Waals surface area contributed by atoms with Crippen molar-refractivity contribution in [1.29, 1.82) is 0 Å². The second kappa shape index (κ2) is 3.32. The molecular weight excluding hydrogens is 216 g/mol. The van der Waals surface area contributed by atoms with Crippen LogP contribution in [0.3, 0.4) is 0 Å². The van der Waals surface area contributed by atoms with Crippen molar-refractivity contribution in [1.82, 2.24) is 9.55 Å². The predicted octanol–water partition coefficient (Wildman–Crippen LogP) is 2.07. The molecule has 1 heterocycles. The average Bonchev–Trinajstić information content (AvgIpc) is 3.04. The van der Waals surface area contributed by atoms with Crippen molar-refractivity contribution < 1.29 is 9.90 Å². The number of carboxylic acids is 1. The van der Waals surface area contributed by atoms with Crippen LogP contribution in [-0.2, 0) is 11.8 Å². The lowest BCUT2D eigenvalue weighted by molar-refractivity contribution is -0.138. The van der Waals surface area contributed by atoms with E-state index in [1.165, 1.54) is 0 Å². The molecule has 0 amide bonds. The Labute approximate surface area is 98.9 Å². The van der Waals surface area contributed by atoms with Crippen molar-refractivity contribution in [2.45, 2.75) is 19.3 Å². The van der Waals surface area contributed by atoms with Crippen molar-refractivity contribution in [2.24, 2.45) is 13.0 Å². The first kappa shape index (κ1) is 10.3. The number of nitrogens with zero attached hydrogens (tertiary/aromatic N) is 2. The molecule has 3 rings (SSSR count). The Morgan fingerprint density at radius 1 is 1.53 bits per heavy atom. The zero-order chi connectivity index (χ0) is 12.2. The molecule has 1 aromatic heterocycles. The average molecular weight is 230 g/mol. The molecule has 4 nitrogen and oxygen atoms in total. The minimum absolute atomic E-state index is 0.187. The first-order valence-electron chi connectivity index (χ1n) is 5.73. The van der Waals surface area contributed by atoms with Gasteiger partial charge in [-0.3, -0.25) is 4.79 Å². The Hall–Kier alpha value is -1.84. The van der Waals surface area contributed by atoms with Gasteiger partial charge in [-0.1, -0.05) is 6.07 Å². The number of aryl methyl sites for hydroxylation is 2. The number of imidazole rings is 1. The van der Waals surface area contributed by atoms with Crippen molar-refractivity contribution in [3.8, 4) is 0 Å². The van der Waals surface area contributed by atoms with Gasteiger partial charge in [-0.2, -0.15) is 0 Å². The van der Waals surface area contributed by atoms with Crippen LogP contribution in [0, 0.1) is 12.8 Å². The van der Waals surface area contributed by atoms with E-state index in [2.05, 4.69) is 11.1 Å². The summed E-state index contributed by atoms with van der Waals surface area (Å²) in [4.78, 5) is 15.3. The molecule has 0 bridgehead atoms. The van der Waals surface area contributed by atoms with E-state index in [9.17, 15) is 4.79 Å². The third-order valence-corrected chi connectivity index (χ3v) is 3.66. The standard InChI is InChI=1S/C13H14N2O2/c1-7-14-11-4-3-8(5-12(11)15(7)2)9-6-10(9)13(16)17/h3-5,9-10H,6H2,1-2H3,(H,16,17). The Bertz CT molecular complexity index is 615. The normalized spacial score (nSPS) is 22.9. The van der Waals surface area contributed by atoms with Gasteiger partial charge in [0, 0.05) is 7.05 Å². The largest absolute Gasteiger partial charge is 0.481 e. The summed E-state index contributed by atoms with van der Waals surface area (Å²) < 4.78 is 2.04. The molecule has 0 spiro atoms. The molecule has 0 aliphatic heterocycles. The summed E-state index contributed by atoms with van der Waals surface area (Å²) in [6.45, 7) is 1.97. The second-order valence-corrected chi connectivity index (χ2v) is 4.75. The monoisotopic (exact) mass is 230 g/mol. The third-order valence-electron chi connectivity index (χ3n) is 3.66. The first-order valence-corrected chi connectivity index (χ1v) is 5.73. The fraction of sp³-hybridized carbons (Fsp3) is 0.385. The molecule has 4 heteroatoms. The number of fused-ring (bicyclic) bond motifs is 1. The molecule has 2 atom stereocenters. The lowest BCUT2D eigenvalue weighted by Crippen LogP contribution is -1.99. The van der Waals surface area contributed by atoms with Gasteiger partial charge in [0.25, 0.3) is 0 Å². The number of hydrogen-bond donors (Lipinski definition) is 1. The maximum Gasteiger partial charge on any atom is 0.307 e. The van der Waals surface area contributed by atoms with Gasteiger partial charge in [-0.05, 0) is 37.0 Å². The summed E-state index contributed by atoms with van der Waals surface area (Å²) >= 11 is 0. The van der Waals surface area contributed by atoms with E-state index in [1.54, 1.807) is 0 Å². The van der Waals surface area contributed by atoms with Gasteiger partial charge >= 0.3 is 5.97 Å². The van der Waals surface area contributed by atoms with E-state index in [0.717, 1.165) is 28.8 Å². The summed E-state index contributed by atoms with van der Waals surface area (Å²) in [5.41, 5.74) is 3.17. The van der Waals surface area contributed by atoms with Crippen LogP contribution in [0.2, 0.25) is 0 Å². The molecule has 1 saturated carbocycles. The summed E-state index contributed by atoms with van der Waals surface area (Å²) in [5, 5.41) is 8.94. The van der Waals surface area contributed by atoms with E-state index in [1.807, 2.05) is 30.7 Å². The molecule has 1 N–H and O–H groups in total. The number of aliphatic carboxylic acids is 1. The third kappa shape index (κ3) is 1.52. The summed E-state index contributed by atoms with van der Waals surface area (Å²) in [7, 11) is 1.98. The molecule has 1 aliphatic rings. The molecule has 0 radical (unpaired) electrons. The highest BCUT2D eigenvalue weighted by molar-refractivity contribution is 5.79. The molecule has 2 aromatic rings. The van der Waals surface area contributed by atoms with Gasteiger partial charge in [-0.25, -0.2) is 4.98 Å². The van der Waals surface area contributed by atoms with Gasteiger partial charge < -0.3 is 9.67 Å². The minimum Gasteiger partial charge on any atom is -0.481 e. The van der Waals surface area contributed by atoms with Gasteiger partial charge in [-0.15, -0.1) is 0 Å². The molecule has 1 aliphatic carbocycles. The van der Waals surface area contributed by atoms with Crippen LogP contribution in [0.4, 0.5) is 0 Å². The molecule has 17 heavy (non-hydrogen) atoms. The molecule has 1 fully saturated rings. The zero-order valence-electron chi connectivity index (χ0n) is 9.84. The fourth-order valence-electron chi connectivity index (χ4n) is 2.39. The number of rotatable bonds is 2. The topological polar surface area (TPSA) is 55.1 Å². The molecule has 1 aromatic carbocycles. The molecule has 2 unspecified atom stereocenters. The van der Waals surface area contributed by atoms with Crippen molar-refractivity contribution in [3.63, 3.8) is 0 Å². The van der Waals surface area contributed by atoms with Crippen LogP contribution < -0.4 is 0 Å². The highest BCUT2D eigenvalue weighted by Crippen LogP contribution is 2.47. The zero-order valence-corrected chi connectivity index (χ0v) is 9.84. The number of carbonyl (C=O) groups is 1. The highest BCUT2D eigenvalue weighted by Gasteiger charge is 2.44. The van der Waals surface area contributed by atoms with Crippen LogP contribution in [0.15, 0.2) is 18.2 Å². The second-order valence-electron chi connectivity index (χ2n) is 4.75. The Morgan fingerprint density at radius 2 is 2.29 bits per heavy atom. The van der Waals surface area contributed by atoms with Gasteiger partial charge in [0.05, 0.1) is 17.0 Å². The van der Waals surface area contributed by atoms with E-state index in [0.29, 0.717) is 0 Å². The van der Waals surface area contributed by atoms with Crippen LogP contribution in [0.1, 0.15) is 23.7 Å². The predicted molar refractivity (Wildman–Crippen MR) is 63.9 cm³/mol. The van der Waals surface area contributed by atoms with Crippen molar-refractivity contribution in [3.05, 3.63) is 29.6 Å². The van der Waals surface area contributed by atoms with E-state index in [-0.39, 0.29) is 11.8 Å². The smallest absolute Gasteiger partial charge is 0.307 e. The SMILES string of the molecule is Cc1nc2ccc(C3CC3C(=O)O)cc2n1C.